The minimum atomic E-state index is -0.315. The van der Waals surface area contributed by atoms with Gasteiger partial charge in [0, 0.05) is 12.4 Å². The third-order valence-corrected chi connectivity index (χ3v) is 4.23. The van der Waals surface area contributed by atoms with E-state index in [1.54, 1.807) is 18.2 Å². The first-order valence-corrected chi connectivity index (χ1v) is 9.08. The van der Waals surface area contributed by atoms with E-state index in [9.17, 15) is 4.79 Å². The summed E-state index contributed by atoms with van der Waals surface area (Å²) in [4.78, 5) is 12.6. The van der Waals surface area contributed by atoms with Gasteiger partial charge in [-0.25, -0.2) is 5.43 Å². The van der Waals surface area contributed by atoms with Gasteiger partial charge >= 0.3 is 0 Å². The molecule has 2 aromatic carbocycles. The van der Waals surface area contributed by atoms with Crippen molar-refractivity contribution in [3.05, 3.63) is 77.1 Å². The van der Waals surface area contributed by atoms with Gasteiger partial charge in [-0.15, -0.1) is 0 Å². The number of rotatable bonds is 7. The first kappa shape index (κ1) is 19.5. The average Bonchev–Trinajstić information content (AvgIpc) is 3.24. The number of hydrogen-bond donors (Lipinski definition) is 1. The molecule has 1 heterocycles. The summed E-state index contributed by atoms with van der Waals surface area (Å²) in [7, 11) is 1.54. The van der Waals surface area contributed by atoms with Gasteiger partial charge in [-0.05, 0) is 48.9 Å². The maximum absolute atomic E-state index is 12.6. The molecule has 0 aliphatic carbocycles. The van der Waals surface area contributed by atoms with Crippen LogP contribution < -0.4 is 14.9 Å². The molecule has 0 spiro atoms. The highest BCUT2D eigenvalue weighted by Crippen LogP contribution is 2.35. The number of methoxy groups -OCH3 is 1. The molecule has 0 aliphatic heterocycles. The summed E-state index contributed by atoms with van der Waals surface area (Å²) in [6, 6.07) is 14.5. The molecular formula is C21H20ClN3O3. The molecule has 1 amide bonds. The molecule has 1 N–H and O–H groups in total. The normalized spacial score (nSPS) is 10.8. The summed E-state index contributed by atoms with van der Waals surface area (Å²) < 4.78 is 12.7. The predicted octanol–water partition coefficient (Wildman–Crippen LogP) is 4.30. The lowest BCUT2D eigenvalue weighted by atomic mass is 10.1. The number of amides is 1. The summed E-state index contributed by atoms with van der Waals surface area (Å²) in [6.07, 6.45) is 5.26. The molecule has 0 aliphatic rings. The van der Waals surface area contributed by atoms with Crippen LogP contribution in [0.15, 0.2) is 66.0 Å². The van der Waals surface area contributed by atoms with Gasteiger partial charge in [-0.3, -0.25) is 4.79 Å². The molecule has 0 fully saturated rings. The van der Waals surface area contributed by atoms with Crippen LogP contribution in [0.2, 0.25) is 5.02 Å². The van der Waals surface area contributed by atoms with E-state index in [0.717, 1.165) is 5.69 Å². The van der Waals surface area contributed by atoms with Crippen molar-refractivity contribution >= 4 is 23.7 Å². The lowest BCUT2D eigenvalue weighted by molar-refractivity contribution is 0.0955. The Morgan fingerprint density at radius 1 is 1.21 bits per heavy atom. The van der Waals surface area contributed by atoms with Crippen molar-refractivity contribution in [1.29, 1.82) is 0 Å². The molecule has 0 radical (unpaired) electrons. The molecule has 0 unspecified atom stereocenters. The highest BCUT2D eigenvalue weighted by molar-refractivity contribution is 6.32. The van der Waals surface area contributed by atoms with Crippen LogP contribution >= 0.6 is 11.6 Å². The van der Waals surface area contributed by atoms with E-state index in [4.69, 9.17) is 21.1 Å². The molecule has 1 aromatic heterocycles. The Balaban J connectivity index is 1.77. The van der Waals surface area contributed by atoms with Crippen molar-refractivity contribution in [1.82, 2.24) is 9.99 Å². The average molecular weight is 398 g/mol. The predicted molar refractivity (Wildman–Crippen MR) is 110 cm³/mol. The van der Waals surface area contributed by atoms with E-state index in [0.29, 0.717) is 34.3 Å². The molecule has 0 atom stereocenters. The fourth-order valence-electron chi connectivity index (χ4n) is 2.71. The number of hydrogen-bond acceptors (Lipinski definition) is 4. The summed E-state index contributed by atoms with van der Waals surface area (Å²) in [5, 5.41) is 4.45. The minimum Gasteiger partial charge on any atom is -0.493 e. The van der Waals surface area contributed by atoms with Crippen molar-refractivity contribution in [2.75, 3.05) is 13.7 Å². The third kappa shape index (κ3) is 4.35. The highest BCUT2D eigenvalue weighted by atomic mass is 35.5. The second-order valence-corrected chi connectivity index (χ2v) is 6.18. The topological polar surface area (TPSA) is 64.8 Å². The van der Waals surface area contributed by atoms with Crippen molar-refractivity contribution in [3.8, 4) is 17.2 Å². The lowest BCUT2D eigenvalue weighted by Gasteiger charge is -2.11. The zero-order valence-electron chi connectivity index (χ0n) is 15.6. The molecule has 0 saturated heterocycles. The first-order valence-electron chi connectivity index (χ1n) is 8.70. The van der Waals surface area contributed by atoms with E-state index >= 15 is 0 Å². The quantitative estimate of drug-likeness (QED) is 0.477. The maximum Gasteiger partial charge on any atom is 0.273 e. The second-order valence-electron chi connectivity index (χ2n) is 5.77. The van der Waals surface area contributed by atoms with Gasteiger partial charge in [-0.2, -0.15) is 5.10 Å². The van der Waals surface area contributed by atoms with Crippen molar-refractivity contribution in [2.24, 2.45) is 5.10 Å². The van der Waals surface area contributed by atoms with Gasteiger partial charge in [0.25, 0.3) is 5.91 Å². The number of aromatic nitrogens is 1. The Morgan fingerprint density at radius 2 is 1.96 bits per heavy atom. The molecular weight excluding hydrogens is 378 g/mol. The molecule has 144 valence electrons. The van der Waals surface area contributed by atoms with Crippen LogP contribution in [0.1, 0.15) is 22.8 Å². The number of carbonyl (C=O) groups excluding carboxylic acids is 1. The Labute approximate surface area is 168 Å². The molecule has 0 bridgehead atoms. The smallest absolute Gasteiger partial charge is 0.273 e. The number of benzene rings is 2. The Kier molecular flexibility index (Phi) is 6.34. The molecule has 28 heavy (non-hydrogen) atoms. The number of para-hydroxylation sites is 1. The SMILES string of the molecule is CCOc1c(Cl)cc(/C=N\NC(=O)c2ccccc2-n2cccc2)cc1OC. The standard InChI is InChI=1S/C21H20ClN3O3/c1-3-28-20-17(22)12-15(13-19(20)27-2)14-23-24-21(26)16-8-4-5-9-18(16)25-10-6-7-11-25/h4-14H,3H2,1-2H3,(H,24,26)/b23-14-. The van der Waals surface area contributed by atoms with Crippen LogP contribution in [0, 0.1) is 0 Å². The van der Waals surface area contributed by atoms with E-state index in [2.05, 4.69) is 10.5 Å². The minimum absolute atomic E-state index is 0.315. The van der Waals surface area contributed by atoms with E-state index < -0.39 is 0 Å². The van der Waals surface area contributed by atoms with Crippen LogP contribution in [0.25, 0.3) is 5.69 Å². The van der Waals surface area contributed by atoms with E-state index in [1.807, 2.05) is 54.2 Å². The van der Waals surface area contributed by atoms with E-state index in [1.165, 1.54) is 13.3 Å². The zero-order chi connectivity index (χ0) is 19.9. The lowest BCUT2D eigenvalue weighted by Crippen LogP contribution is -2.19. The number of hydrazone groups is 1. The molecule has 6 nitrogen and oxygen atoms in total. The zero-order valence-corrected chi connectivity index (χ0v) is 16.3. The van der Waals surface area contributed by atoms with Gasteiger partial charge < -0.3 is 14.0 Å². The van der Waals surface area contributed by atoms with Crippen LogP contribution in [0.4, 0.5) is 0 Å². The fourth-order valence-corrected chi connectivity index (χ4v) is 2.98. The van der Waals surface area contributed by atoms with Crippen LogP contribution in [0.5, 0.6) is 11.5 Å². The molecule has 7 heteroatoms. The van der Waals surface area contributed by atoms with Crippen molar-refractivity contribution in [2.45, 2.75) is 6.92 Å². The van der Waals surface area contributed by atoms with Gasteiger partial charge in [0.1, 0.15) is 0 Å². The molecule has 3 aromatic rings. The first-order chi connectivity index (χ1) is 13.6. The molecule has 0 saturated carbocycles. The van der Waals surface area contributed by atoms with Crippen molar-refractivity contribution in [3.63, 3.8) is 0 Å². The fraction of sp³-hybridized carbons (Fsp3) is 0.143. The van der Waals surface area contributed by atoms with Crippen molar-refractivity contribution < 1.29 is 14.3 Å². The number of halogens is 1. The summed E-state index contributed by atoms with van der Waals surface area (Å²) in [5.41, 5.74) is 4.50. The Hall–Kier alpha value is -3.25. The summed E-state index contributed by atoms with van der Waals surface area (Å²) in [5.74, 6) is 0.665. The van der Waals surface area contributed by atoms with Crippen LogP contribution in [0.3, 0.4) is 0 Å². The van der Waals surface area contributed by atoms with Gasteiger partial charge in [-0.1, -0.05) is 23.7 Å². The number of nitrogens with zero attached hydrogens (tertiary/aromatic N) is 2. The Morgan fingerprint density at radius 3 is 2.68 bits per heavy atom. The van der Waals surface area contributed by atoms with Crippen LogP contribution in [-0.2, 0) is 0 Å². The number of ether oxygens (including phenoxy) is 2. The van der Waals surface area contributed by atoms with Gasteiger partial charge in [0.15, 0.2) is 11.5 Å². The summed E-state index contributed by atoms with van der Waals surface area (Å²) >= 11 is 6.25. The van der Waals surface area contributed by atoms with Gasteiger partial charge in [0.05, 0.1) is 36.2 Å². The maximum atomic E-state index is 12.6. The monoisotopic (exact) mass is 397 g/mol. The Bertz CT molecular complexity index is 985. The van der Waals surface area contributed by atoms with Crippen LogP contribution in [-0.4, -0.2) is 30.4 Å². The summed E-state index contributed by atoms with van der Waals surface area (Å²) in [6.45, 7) is 2.34. The number of nitrogens with one attached hydrogen (secondary N) is 1. The van der Waals surface area contributed by atoms with E-state index in [-0.39, 0.29) is 5.91 Å². The third-order valence-electron chi connectivity index (χ3n) is 3.95. The molecule has 3 rings (SSSR count). The number of carbonyl (C=O) groups is 1. The van der Waals surface area contributed by atoms with Gasteiger partial charge in [0.2, 0.25) is 0 Å². The second kappa shape index (κ2) is 9.10. The largest absolute Gasteiger partial charge is 0.493 e. The highest BCUT2D eigenvalue weighted by Gasteiger charge is 2.12.